The Morgan fingerprint density at radius 1 is 0.944 bits per heavy atom. The van der Waals surface area contributed by atoms with Gasteiger partial charge in [0.15, 0.2) is 0 Å². The molecule has 0 saturated heterocycles. The maximum atomic E-state index is 12.3. The molecule has 0 aromatic heterocycles. The summed E-state index contributed by atoms with van der Waals surface area (Å²) in [5.41, 5.74) is 0. The van der Waals surface area contributed by atoms with E-state index in [2.05, 4.69) is 5.32 Å². The van der Waals surface area contributed by atoms with Gasteiger partial charge in [0.05, 0.1) is 6.61 Å². The lowest BCUT2D eigenvalue weighted by atomic mass is 10.0. The highest BCUT2D eigenvalue weighted by Gasteiger charge is 2.31. The van der Waals surface area contributed by atoms with E-state index in [4.69, 9.17) is 5.11 Å². The molecule has 4 amide bonds. The minimum absolute atomic E-state index is 0.0177. The Bertz CT molecular complexity index is 801. The molecule has 7 N–H and O–H groups in total. The number of hydrogen-bond acceptors (Lipinski definition) is 10. The van der Waals surface area contributed by atoms with Gasteiger partial charge < -0.3 is 40.9 Å². The molecule has 0 unspecified atom stereocenters. The molecular weight excluding hydrogens is 482 g/mol. The molecule has 0 fully saturated rings. The van der Waals surface area contributed by atoms with E-state index in [1.807, 2.05) is 0 Å². The van der Waals surface area contributed by atoms with Crippen molar-refractivity contribution in [2.24, 2.45) is 0 Å². The van der Waals surface area contributed by atoms with E-state index in [0.717, 1.165) is 9.80 Å². The van der Waals surface area contributed by atoms with Crippen molar-refractivity contribution in [2.75, 3.05) is 26.7 Å². The van der Waals surface area contributed by atoms with Gasteiger partial charge in [-0.05, 0) is 19.3 Å². The van der Waals surface area contributed by atoms with Crippen LogP contribution in [0.2, 0.25) is 0 Å². The Morgan fingerprint density at radius 3 is 2.08 bits per heavy atom. The fourth-order valence-corrected chi connectivity index (χ4v) is 3.42. The number of likely N-dealkylation sites (N-methyl/N-ethyl adjacent to an activating group) is 1. The normalized spacial score (nSPS) is 17.4. The quantitative estimate of drug-likeness (QED) is 0.0747. The fraction of sp³-hybridized carbons (Fsp3) is 0.682. The summed E-state index contributed by atoms with van der Waals surface area (Å²) in [4.78, 5) is 60.9. The van der Waals surface area contributed by atoms with Gasteiger partial charge in [0.2, 0.25) is 11.8 Å². The number of carboxylic acid groups (broad SMARTS) is 1. The molecule has 0 aliphatic carbocycles. The molecule has 1 rings (SSSR count). The van der Waals surface area contributed by atoms with Gasteiger partial charge in [-0.1, -0.05) is 6.42 Å². The van der Waals surface area contributed by atoms with Crippen molar-refractivity contribution >= 4 is 29.6 Å². The third-order valence-electron chi connectivity index (χ3n) is 5.68. The van der Waals surface area contributed by atoms with Crippen LogP contribution in [-0.2, 0) is 24.0 Å². The Balaban J connectivity index is 2.38. The largest absolute Gasteiger partial charge is 0.480 e. The summed E-state index contributed by atoms with van der Waals surface area (Å²) in [6, 6.07) is -1.34. The summed E-state index contributed by atoms with van der Waals surface area (Å²) in [5.74, 6) is -3.24. The zero-order valence-corrected chi connectivity index (χ0v) is 20.0. The maximum Gasteiger partial charge on any atom is 0.326 e. The third kappa shape index (κ3) is 9.99. The van der Waals surface area contributed by atoms with Crippen molar-refractivity contribution in [1.82, 2.24) is 15.1 Å². The van der Waals surface area contributed by atoms with Crippen LogP contribution in [-0.4, -0.2) is 127 Å². The molecule has 36 heavy (non-hydrogen) atoms. The second-order valence-electron chi connectivity index (χ2n) is 8.54. The number of nitrogens with one attached hydrogen (secondary N) is 1. The summed E-state index contributed by atoms with van der Waals surface area (Å²) in [6.07, 6.45) is -3.75. The average molecular weight is 518 g/mol. The predicted octanol–water partition coefficient (Wildman–Crippen LogP) is -3.28. The number of imide groups is 1. The smallest absolute Gasteiger partial charge is 0.326 e. The van der Waals surface area contributed by atoms with E-state index in [0.29, 0.717) is 19.3 Å². The Kier molecular flexibility index (Phi) is 13.2. The van der Waals surface area contributed by atoms with E-state index in [1.165, 1.54) is 19.2 Å². The second-order valence-corrected chi connectivity index (χ2v) is 8.54. The van der Waals surface area contributed by atoms with Crippen molar-refractivity contribution in [3.05, 3.63) is 12.2 Å². The number of carboxylic acids is 1. The molecule has 0 aromatic carbocycles. The number of nitrogens with zero attached hydrogens (tertiary/aromatic N) is 2. The average Bonchev–Trinajstić information content (AvgIpc) is 3.16. The van der Waals surface area contributed by atoms with Crippen LogP contribution >= 0.6 is 0 Å². The number of aliphatic hydroxyl groups excluding tert-OH is 5. The van der Waals surface area contributed by atoms with Crippen molar-refractivity contribution in [2.45, 2.75) is 69.0 Å². The molecule has 14 nitrogen and oxygen atoms in total. The number of hydrogen-bond donors (Lipinski definition) is 7. The molecule has 1 aliphatic heterocycles. The Labute approximate surface area is 207 Å². The molecule has 0 bridgehead atoms. The number of unbranched alkanes of at least 4 members (excludes halogenated alkanes) is 2. The van der Waals surface area contributed by atoms with Gasteiger partial charge in [0.1, 0.15) is 30.5 Å². The van der Waals surface area contributed by atoms with E-state index in [-0.39, 0.29) is 37.6 Å². The number of carbonyl (C=O) groups is 5. The molecule has 204 valence electrons. The monoisotopic (exact) mass is 517 g/mol. The highest BCUT2D eigenvalue weighted by atomic mass is 16.4. The zero-order valence-electron chi connectivity index (χ0n) is 20.0. The van der Waals surface area contributed by atoms with Crippen molar-refractivity contribution < 1.29 is 54.6 Å². The summed E-state index contributed by atoms with van der Waals surface area (Å²) in [7, 11) is 1.28. The number of aliphatic hydroxyl groups is 5. The molecule has 0 aromatic rings. The Hall–Kier alpha value is -2.91. The first-order chi connectivity index (χ1) is 16.9. The van der Waals surface area contributed by atoms with Gasteiger partial charge in [0.25, 0.3) is 11.8 Å². The molecule has 1 heterocycles. The van der Waals surface area contributed by atoms with Gasteiger partial charge >= 0.3 is 5.97 Å². The first-order valence-corrected chi connectivity index (χ1v) is 11.5. The zero-order chi connectivity index (χ0) is 27.4. The lowest BCUT2D eigenvalue weighted by molar-refractivity contribution is -0.143. The van der Waals surface area contributed by atoms with Crippen LogP contribution in [0, 0.1) is 0 Å². The maximum absolute atomic E-state index is 12.3. The van der Waals surface area contributed by atoms with Gasteiger partial charge in [-0.2, -0.15) is 0 Å². The lowest BCUT2D eigenvalue weighted by Crippen LogP contribution is -2.50. The molecule has 5 atom stereocenters. The molecule has 0 saturated carbocycles. The third-order valence-corrected chi connectivity index (χ3v) is 5.68. The van der Waals surface area contributed by atoms with E-state index >= 15 is 0 Å². The first-order valence-electron chi connectivity index (χ1n) is 11.5. The summed E-state index contributed by atoms with van der Waals surface area (Å²) < 4.78 is 0. The number of amides is 4. The fourth-order valence-electron chi connectivity index (χ4n) is 3.42. The van der Waals surface area contributed by atoms with Gasteiger partial charge in [-0.25, -0.2) is 4.79 Å². The molecule has 1 aliphatic rings. The molecule has 0 radical (unpaired) electrons. The molecular formula is C22H35N3O11. The van der Waals surface area contributed by atoms with Crippen molar-refractivity contribution in [3.63, 3.8) is 0 Å². The number of carbonyl (C=O) groups excluding carboxylic acids is 4. The predicted molar refractivity (Wildman–Crippen MR) is 122 cm³/mol. The molecule has 14 heteroatoms. The minimum atomic E-state index is -1.85. The van der Waals surface area contributed by atoms with Crippen LogP contribution in [0.15, 0.2) is 12.2 Å². The van der Waals surface area contributed by atoms with Crippen LogP contribution in [0.3, 0.4) is 0 Å². The topological polar surface area (TPSA) is 225 Å². The molecule has 0 spiro atoms. The van der Waals surface area contributed by atoms with E-state index in [1.54, 1.807) is 0 Å². The van der Waals surface area contributed by atoms with Crippen LogP contribution in [0.1, 0.15) is 38.5 Å². The standard InChI is InChI=1S/C22H35N3O11/c1-24(11-14(27)20(33)21(34)15(28)12-26)17(30)7-6-13(22(35)36)23-16(29)5-3-2-4-10-25-18(31)8-9-19(25)32/h8-9,13-15,20-21,26-28,33-34H,2-7,10-12H2,1H3,(H,23,29)(H,35,36)/t13-,14-,15+,20+,21+/m0/s1. The van der Waals surface area contributed by atoms with Crippen molar-refractivity contribution in [1.29, 1.82) is 0 Å². The number of aliphatic carboxylic acids is 1. The van der Waals surface area contributed by atoms with Crippen LogP contribution < -0.4 is 5.32 Å². The highest BCUT2D eigenvalue weighted by molar-refractivity contribution is 6.12. The van der Waals surface area contributed by atoms with E-state index < -0.39 is 61.4 Å². The van der Waals surface area contributed by atoms with Crippen LogP contribution in [0.4, 0.5) is 0 Å². The van der Waals surface area contributed by atoms with Crippen LogP contribution in [0.25, 0.3) is 0 Å². The summed E-state index contributed by atoms with van der Waals surface area (Å²) in [6.45, 7) is -1.06. The Morgan fingerprint density at radius 2 is 1.53 bits per heavy atom. The highest BCUT2D eigenvalue weighted by Crippen LogP contribution is 2.10. The first kappa shape index (κ1) is 31.1. The lowest BCUT2D eigenvalue weighted by Gasteiger charge is -2.28. The number of rotatable bonds is 17. The van der Waals surface area contributed by atoms with Crippen LogP contribution in [0.5, 0.6) is 0 Å². The summed E-state index contributed by atoms with van der Waals surface area (Å²) >= 11 is 0. The summed E-state index contributed by atoms with van der Waals surface area (Å²) in [5, 5.41) is 59.2. The minimum Gasteiger partial charge on any atom is -0.480 e. The van der Waals surface area contributed by atoms with Crippen molar-refractivity contribution in [3.8, 4) is 0 Å². The van der Waals surface area contributed by atoms with Gasteiger partial charge in [0, 0.05) is 45.1 Å². The van der Waals surface area contributed by atoms with E-state index in [9.17, 15) is 49.5 Å². The van der Waals surface area contributed by atoms with Gasteiger partial charge in [-0.15, -0.1) is 0 Å². The van der Waals surface area contributed by atoms with Gasteiger partial charge in [-0.3, -0.25) is 24.1 Å². The SMILES string of the molecule is CN(C[C@H](O)[C@@H](O)[C@H](O)[C@H](O)CO)C(=O)CC[C@H](NC(=O)CCCCCN1C(=O)C=CC1=O)C(=O)O. The second kappa shape index (κ2) is 15.3.